The lowest BCUT2D eigenvalue weighted by molar-refractivity contribution is 0.0590. The van der Waals surface area contributed by atoms with E-state index in [2.05, 4.69) is 19.4 Å². The van der Waals surface area contributed by atoms with Gasteiger partial charge < -0.3 is 4.74 Å². The summed E-state index contributed by atoms with van der Waals surface area (Å²) in [5.74, 6) is -0.786. The van der Waals surface area contributed by atoms with Crippen molar-refractivity contribution in [3.05, 3.63) is 41.3 Å². The molecule has 21 heavy (non-hydrogen) atoms. The van der Waals surface area contributed by atoms with Gasteiger partial charge in [-0.25, -0.2) is 22.9 Å². The van der Waals surface area contributed by atoms with Crippen molar-refractivity contribution in [3.63, 3.8) is 0 Å². The largest absolute Gasteiger partial charge is 0.464 e. The summed E-state index contributed by atoms with van der Waals surface area (Å²) in [6.45, 7) is 1.69. The molecule has 0 aromatic carbocycles. The number of aromatic nitrogens is 2. The number of esters is 1. The maximum Gasteiger partial charge on any atom is 0.358 e. The molecule has 0 aliphatic heterocycles. The fourth-order valence-electron chi connectivity index (χ4n) is 1.65. The first-order chi connectivity index (χ1) is 9.95. The van der Waals surface area contributed by atoms with Crippen LogP contribution in [0.2, 0.25) is 0 Å². The predicted octanol–water partition coefficient (Wildman–Crippen LogP) is 1.36. The number of carbonyl (C=O) groups is 1. The number of hydrogen-bond donors (Lipinski definition) is 1. The van der Waals surface area contributed by atoms with E-state index < -0.39 is 22.0 Å². The zero-order chi connectivity index (χ0) is 15.5. The Labute approximate surface area is 126 Å². The molecular weight excluding hydrogens is 314 g/mol. The lowest BCUT2D eigenvalue weighted by Gasteiger charge is -2.13. The fraction of sp³-hybridized carbons (Fsp3) is 0.250. The standard InChI is InChI=1S/C12H13N3O4S2/c1-8(9-4-3-5-13-6-9)15-21(17,18)12-10(11(16)19-2)14-7-20-12/h3-8,15H,1-2H3/t8-/m0/s1. The van der Waals surface area contributed by atoms with Gasteiger partial charge in [0, 0.05) is 18.4 Å². The highest BCUT2D eigenvalue weighted by molar-refractivity contribution is 7.91. The average molecular weight is 327 g/mol. The molecule has 0 aliphatic carbocycles. The third kappa shape index (κ3) is 3.43. The van der Waals surface area contributed by atoms with Gasteiger partial charge in [-0.3, -0.25) is 4.98 Å². The number of methoxy groups -OCH3 is 1. The van der Waals surface area contributed by atoms with E-state index in [-0.39, 0.29) is 9.90 Å². The molecule has 0 spiro atoms. The number of hydrogen-bond acceptors (Lipinski definition) is 7. The summed E-state index contributed by atoms with van der Waals surface area (Å²) in [6, 6.07) is 2.98. The second-order valence-corrected chi connectivity index (χ2v) is 6.87. The number of nitrogens with one attached hydrogen (secondary N) is 1. The predicted molar refractivity (Wildman–Crippen MR) is 76.4 cm³/mol. The molecule has 7 nitrogen and oxygen atoms in total. The van der Waals surface area contributed by atoms with Crippen molar-refractivity contribution in [2.75, 3.05) is 7.11 Å². The summed E-state index contributed by atoms with van der Waals surface area (Å²) in [4.78, 5) is 19.2. The smallest absolute Gasteiger partial charge is 0.358 e. The third-order valence-corrected chi connectivity index (χ3v) is 5.58. The van der Waals surface area contributed by atoms with E-state index >= 15 is 0 Å². The molecule has 2 aromatic rings. The van der Waals surface area contributed by atoms with Gasteiger partial charge in [0.1, 0.15) is 0 Å². The summed E-state index contributed by atoms with van der Waals surface area (Å²) in [6.07, 6.45) is 3.17. The van der Waals surface area contributed by atoms with Gasteiger partial charge in [0.15, 0.2) is 9.90 Å². The van der Waals surface area contributed by atoms with Gasteiger partial charge >= 0.3 is 5.97 Å². The van der Waals surface area contributed by atoms with Gasteiger partial charge in [-0.2, -0.15) is 0 Å². The highest BCUT2D eigenvalue weighted by Gasteiger charge is 2.28. The first-order valence-electron chi connectivity index (χ1n) is 5.89. The van der Waals surface area contributed by atoms with Crippen molar-refractivity contribution in [1.82, 2.24) is 14.7 Å². The fourth-order valence-corrected chi connectivity index (χ4v) is 4.03. The minimum atomic E-state index is -3.87. The number of nitrogens with zero attached hydrogens (tertiary/aromatic N) is 2. The molecule has 2 heterocycles. The Bertz CT molecular complexity index is 728. The van der Waals surface area contributed by atoms with E-state index in [0.29, 0.717) is 5.56 Å². The minimum Gasteiger partial charge on any atom is -0.464 e. The molecule has 2 rings (SSSR count). The maximum absolute atomic E-state index is 12.3. The van der Waals surface area contributed by atoms with Crippen molar-refractivity contribution in [3.8, 4) is 0 Å². The summed E-state index contributed by atoms with van der Waals surface area (Å²) in [7, 11) is -2.70. The first-order valence-corrected chi connectivity index (χ1v) is 8.26. The van der Waals surface area contributed by atoms with Gasteiger partial charge in [-0.05, 0) is 18.6 Å². The van der Waals surface area contributed by atoms with E-state index in [0.717, 1.165) is 11.3 Å². The van der Waals surface area contributed by atoms with Crippen LogP contribution in [0.3, 0.4) is 0 Å². The number of sulfonamides is 1. The van der Waals surface area contributed by atoms with Crippen molar-refractivity contribution in [2.24, 2.45) is 0 Å². The lowest BCUT2D eigenvalue weighted by Crippen LogP contribution is -2.27. The normalized spacial score (nSPS) is 12.9. The van der Waals surface area contributed by atoms with E-state index in [1.807, 2.05) is 0 Å². The topological polar surface area (TPSA) is 98.2 Å². The average Bonchev–Trinajstić information content (AvgIpc) is 2.97. The molecular formula is C12H13N3O4S2. The number of pyridine rings is 1. The molecule has 0 bridgehead atoms. The molecule has 0 saturated heterocycles. The highest BCUT2D eigenvalue weighted by Crippen LogP contribution is 2.23. The zero-order valence-corrected chi connectivity index (χ0v) is 12.9. The molecule has 0 unspecified atom stereocenters. The minimum absolute atomic E-state index is 0.162. The monoisotopic (exact) mass is 327 g/mol. The van der Waals surface area contributed by atoms with Crippen molar-refractivity contribution in [2.45, 2.75) is 17.2 Å². The summed E-state index contributed by atoms with van der Waals surface area (Å²) in [5, 5.41) is 0. The van der Waals surface area contributed by atoms with Crippen LogP contribution in [-0.4, -0.2) is 31.5 Å². The second kappa shape index (κ2) is 6.29. The van der Waals surface area contributed by atoms with Crippen molar-refractivity contribution < 1.29 is 17.9 Å². The van der Waals surface area contributed by atoms with Crippen LogP contribution in [-0.2, 0) is 14.8 Å². The Kier molecular flexibility index (Phi) is 4.66. The molecule has 1 N–H and O–H groups in total. The van der Waals surface area contributed by atoms with Crippen LogP contribution in [0, 0.1) is 0 Å². The summed E-state index contributed by atoms with van der Waals surface area (Å²) in [5.41, 5.74) is 1.79. The molecule has 9 heteroatoms. The van der Waals surface area contributed by atoms with Crippen LogP contribution >= 0.6 is 11.3 Å². The Balaban J connectivity index is 2.27. The molecule has 0 aliphatic rings. The summed E-state index contributed by atoms with van der Waals surface area (Å²) >= 11 is 0.859. The molecule has 0 saturated carbocycles. The highest BCUT2D eigenvalue weighted by atomic mass is 32.2. The van der Waals surface area contributed by atoms with Crippen LogP contribution < -0.4 is 4.72 Å². The number of carbonyl (C=O) groups excluding carboxylic acids is 1. The Morgan fingerprint density at radius 2 is 2.24 bits per heavy atom. The van der Waals surface area contributed by atoms with Crippen LogP contribution in [0.4, 0.5) is 0 Å². The molecule has 2 aromatic heterocycles. The van der Waals surface area contributed by atoms with Crippen molar-refractivity contribution in [1.29, 1.82) is 0 Å². The maximum atomic E-state index is 12.3. The third-order valence-electron chi connectivity index (χ3n) is 2.67. The Morgan fingerprint density at radius 3 is 2.86 bits per heavy atom. The van der Waals surface area contributed by atoms with Gasteiger partial charge in [0.05, 0.1) is 12.6 Å². The molecule has 0 radical (unpaired) electrons. The zero-order valence-electron chi connectivity index (χ0n) is 11.3. The van der Waals surface area contributed by atoms with E-state index in [1.165, 1.54) is 12.6 Å². The molecule has 112 valence electrons. The van der Waals surface area contributed by atoms with Crippen LogP contribution in [0.15, 0.2) is 34.2 Å². The molecule has 0 amide bonds. The van der Waals surface area contributed by atoms with Crippen LogP contribution in [0.25, 0.3) is 0 Å². The van der Waals surface area contributed by atoms with Crippen LogP contribution in [0.1, 0.15) is 29.0 Å². The van der Waals surface area contributed by atoms with Gasteiger partial charge in [0.2, 0.25) is 0 Å². The lowest BCUT2D eigenvalue weighted by atomic mass is 10.2. The molecule has 1 atom stereocenters. The van der Waals surface area contributed by atoms with Gasteiger partial charge in [0.25, 0.3) is 10.0 Å². The van der Waals surface area contributed by atoms with E-state index in [1.54, 1.807) is 31.5 Å². The second-order valence-electron chi connectivity index (χ2n) is 4.11. The Hall–Kier alpha value is -1.84. The van der Waals surface area contributed by atoms with Gasteiger partial charge in [-0.15, -0.1) is 11.3 Å². The number of thiazole rings is 1. The van der Waals surface area contributed by atoms with Gasteiger partial charge in [-0.1, -0.05) is 6.07 Å². The SMILES string of the molecule is COC(=O)c1ncsc1S(=O)(=O)N[C@@H](C)c1cccnc1. The summed E-state index contributed by atoms with van der Waals surface area (Å²) < 4.78 is 31.5. The van der Waals surface area contributed by atoms with E-state index in [4.69, 9.17) is 0 Å². The van der Waals surface area contributed by atoms with E-state index in [9.17, 15) is 13.2 Å². The number of rotatable bonds is 5. The quantitative estimate of drug-likeness (QED) is 0.833. The molecule has 0 fully saturated rings. The first kappa shape index (κ1) is 15.5. The van der Waals surface area contributed by atoms with Crippen LogP contribution in [0.5, 0.6) is 0 Å². The number of ether oxygens (including phenoxy) is 1. The van der Waals surface area contributed by atoms with Crippen molar-refractivity contribution >= 4 is 27.3 Å². The Morgan fingerprint density at radius 1 is 1.48 bits per heavy atom.